The van der Waals surface area contributed by atoms with Crippen LogP contribution in [0.5, 0.6) is 0 Å². The summed E-state index contributed by atoms with van der Waals surface area (Å²) in [5, 5.41) is 2.90. The zero-order chi connectivity index (χ0) is 21.7. The molecule has 0 saturated carbocycles. The van der Waals surface area contributed by atoms with Crippen LogP contribution in [0.2, 0.25) is 10.0 Å². The van der Waals surface area contributed by atoms with Gasteiger partial charge in [-0.15, -0.1) is 0 Å². The van der Waals surface area contributed by atoms with Gasteiger partial charge in [-0.05, 0) is 37.1 Å². The number of nitrogens with zero attached hydrogens (tertiary/aromatic N) is 1. The molecular formula is C20H19Cl2N3O5. The van der Waals surface area contributed by atoms with Gasteiger partial charge in [0.25, 0.3) is 11.8 Å². The molecule has 8 nitrogen and oxygen atoms in total. The summed E-state index contributed by atoms with van der Waals surface area (Å²) < 4.78 is 4.90. The molecule has 10 heteroatoms. The van der Waals surface area contributed by atoms with E-state index in [0.29, 0.717) is 23.8 Å². The lowest BCUT2D eigenvalue weighted by molar-refractivity contribution is -0.141. The average Bonchev–Trinajstić information content (AvgIpc) is 3.44. The van der Waals surface area contributed by atoms with E-state index in [1.54, 1.807) is 4.90 Å². The minimum absolute atomic E-state index is 0.159. The third kappa shape index (κ3) is 5.40. The van der Waals surface area contributed by atoms with Gasteiger partial charge in [0.2, 0.25) is 5.78 Å². The lowest BCUT2D eigenvalue weighted by Crippen LogP contribution is -2.31. The van der Waals surface area contributed by atoms with E-state index in [1.165, 1.54) is 30.5 Å². The number of ketones is 1. The van der Waals surface area contributed by atoms with Gasteiger partial charge in [0.05, 0.1) is 10.0 Å². The van der Waals surface area contributed by atoms with E-state index in [9.17, 15) is 19.2 Å². The molecule has 1 aromatic carbocycles. The van der Waals surface area contributed by atoms with E-state index in [4.69, 9.17) is 27.9 Å². The van der Waals surface area contributed by atoms with Gasteiger partial charge in [0.15, 0.2) is 6.61 Å². The summed E-state index contributed by atoms with van der Waals surface area (Å²) in [5.74, 6) is -1.93. The van der Waals surface area contributed by atoms with E-state index in [0.717, 1.165) is 12.8 Å². The summed E-state index contributed by atoms with van der Waals surface area (Å²) in [6.07, 6.45) is 3.34. The molecule has 2 aromatic rings. The van der Waals surface area contributed by atoms with Gasteiger partial charge in [0.1, 0.15) is 12.2 Å². The number of amides is 2. The Kier molecular flexibility index (Phi) is 7.12. The van der Waals surface area contributed by atoms with Gasteiger partial charge in [-0.1, -0.05) is 23.2 Å². The summed E-state index contributed by atoms with van der Waals surface area (Å²) in [7, 11) is 0. The maximum Gasteiger partial charge on any atom is 0.325 e. The Morgan fingerprint density at radius 2 is 1.77 bits per heavy atom. The topological polar surface area (TPSA) is 109 Å². The Balaban J connectivity index is 1.45. The number of benzene rings is 1. The fourth-order valence-electron chi connectivity index (χ4n) is 2.94. The van der Waals surface area contributed by atoms with E-state index in [2.05, 4.69) is 10.3 Å². The standard InChI is InChI=1S/C20H19Cl2N3O5/c21-14-4-3-12(7-15(14)22)19(28)24-10-18(27)30-11-17(26)13-8-16(23-9-13)20(29)25-5-1-2-6-25/h3-4,7-9,23H,1-2,5-6,10-11H2,(H,24,28). The fourth-order valence-corrected chi connectivity index (χ4v) is 3.24. The van der Waals surface area contributed by atoms with Crippen molar-refractivity contribution in [1.29, 1.82) is 0 Å². The number of rotatable bonds is 7. The van der Waals surface area contributed by atoms with Crippen molar-refractivity contribution >= 4 is 46.8 Å². The summed E-state index contributed by atoms with van der Waals surface area (Å²) in [4.78, 5) is 52.8. The minimum Gasteiger partial charge on any atom is -0.456 e. The average molecular weight is 452 g/mol. The maximum atomic E-state index is 12.3. The number of likely N-dealkylation sites (tertiary alicyclic amines) is 1. The molecule has 2 amide bonds. The zero-order valence-electron chi connectivity index (χ0n) is 15.9. The SMILES string of the molecule is O=C(CNC(=O)c1ccc(Cl)c(Cl)c1)OCC(=O)c1c[nH]c(C(=O)N2CCCC2)c1. The Labute approximate surface area is 182 Å². The van der Waals surface area contributed by atoms with Crippen LogP contribution in [0.3, 0.4) is 0 Å². The second-order valence-corrected chi connectivity index (χ2v) is 7.51. The summed E-state index contributed by atoms with van der Waals surface area (Å²) >= 11 is 11.6. The Morgan fingerprint density at radius 1 is 1.03 bits per heavy atom. The number of hydrogen-bond acceptors (Lipinski definition) is 5. The summed E-state index contributed by atoms with van der Waals surface area (Å²) in [5.41, 5.74) is 0.793. The van der Waals surface area contributed by atoms with Crippen LogP contribution in [0, 0.1) is 0 Å². The third-order valence-electron chi connectivity index (χ3n) is 4.57. The lowest BCUT2D eigenvalue weighted by atomic mass is 10.2. The van der Waals surface area contributed by atoms with Crippen molar-refractivity contribution in [3.63, 3.8) is 0 Å². The Hall–Kier alpha value is -2.84. The number of nitrogens with one attached hydrogen (secondary N) is 2. The van der Waals surface area contributed by atoms with Crippen LogP contribution in [0.25, 0.3) is 0 Å². The van der Waals surface area contributed by atoms with E-state index in [1.807, 2.05) is 0 Å². The van der Waals surface area contributed by atoms with Crippen LogP contribution < -0.4 is 5.32 Å². The van der Waals surface area contributed by atoms with Crippen LogP contribution in [0.15, 0.2) is 30.5 Å². The molecule has 30 heavy (non-hydrogen) atoms. The smallest absolute Gasteiger partial charge is 0.325 e. The number of esters is 1. The molecule has 1 aliphatic heterocycles. The van der Waals surface area contributed by atoms with Crippen molar-refractivity contribution < 1.29 is 23.9 Å². The number of aromatic amines is 1. The number of H-pyrrole nitrogens is 1. The summed E-state index contributed by atoms with van der Waals surface area (Å²) in [6.45, 7) is 0.480. The van der Waals surface area contributed by atoms with E-state index < -0.39 is 30.8 Å². The van der Waals surface area contributed by atoms with Crippen LogP contribution in [-0.2, 0) is 9.53 Å². The summed E-state index contributed by atoms with van der Waals surface area (Å²) in [6, 6.07) is 5.75. The first-order valence-electron chi connectivity index (χ1n) is 9.25. The largest absolute Gasteiger partial charge is 0.456 e. The van der Waals surface area contributed by atoms with Crippen molar-refractivity contribution in [3.05, 3.63) is 57.3 Å². The molecule has 2 N–H and O–H groups in total. The molecule has 1 fully saturated rings. The number of carbonyl (C=O) groups is 4. The van der Waals surface area contributed by atoms with Gasteiger partial charge in [-0.3, -0.25) is 19.2 Å². The van der Waals surface area contributed by atoms with Gasteiger partial charge < -0.3 is 19.9 Å². The quantitative estimate of drug-likeness (QED) is 0.496. The van der Waals surface area contributed by atoms with Crippen molar-refractivity contribution in [2.24, 2.45) is 0 Å². The zero-order valence-corrected chi connectivity index (χ0v) is 17.4. The van der Waals surface area contributed by atoms with Crippen molar-refractivity contribution in [2.45, 2.75) is 12.8 Å². The number of halogens is 2. The van der Waals surface area contributed by atoms with Crippen molar-refractivity contribution in [3.8, 4) is 0 Å². The van der Waals surface area contributed by atoms with Crippen LogP contribution in [-0.4, -0.2) is 59.7 Å². The van der Waals surface area contributed by atoms with Crippen molar-refractivity contribution in [2.75, 3.05) is 26.2 Å². The molecule has 0 aliphatic carbocycles. The molecule has 1 aliphatic rings. The van der Waals surface area contributed by atoms with Crippen LogP contribution in [0.4, 0.5) is 0 Å². The van der Waals surface area contributed by atoms with Crippen molar-refractivity contribution in [1.82, 2.24) is 15.2 Å². The fraction of sp³-hybridized carbons (Fsp3) is 0.300. The first-order valence-corrected chi connectivity index (χ1v) is 10.0. The number of ether oxygens (including phenoxy) is 1. The number of aromatic nitrogens is 1. The second kappa shape index (κ2) is 9.77. The van der Waals surface area contributed by atoms with Gasteiger partial charge >= 0.3 is 5.97 Å². The predicted octanol–water partition coefficient (Wildman–Crippen LogP) is 2.71. The van der Waals surface area contributed by atoms with Crippen LogP contribution in [0.1, 0.15) is 44.0 Å². The molecule has 2 heterocycles. The maximum absolute atomic E-state index is 12.3. The molecule has 0 radical (unpaired) electrons. The molecule has 0 unspecified atom stereocenters. The highest BCUT2D eigenvalue weighted by Gasteiger charge is 2.22. The highest BCUT2D eigenvalue weighted by Crippen LogP contribution is 2.22. The predicted molar refractivity (Wildman–Crippen MR) is 110 cm³/mol. The Bertz CT molecular complexity index is 983. The molecule has 1 aromatic heterocycles. The van der Waals surface area contributed by atoms with Gasteiger partial charge in [-0.2, -0.15) is 0 Å². The van der Waals surface area contributed by atoms with Crippen LogP contribution >= 0.6 is 23.2 Å². The van der Waals surface area contributed by atoms with Gasteiger partial charge in [0, 0.05) is 30.4 Å². The first kappa shape index (κ1) is 21.9. The number of carbonyl (C=O) groups excluding carboxylic acids is 4. The molecule has 1 saturated heterocycles. The van der Waals surface area contributed by atoms with E-state index in [-0.39, 0.29) is 22.1 Å². The monoisotopic (exact) mass is 451 g/mol. The second-order valence-electron chi connectivity index (χ2n) is 6.70. The number of Topliss-reactive ketones (excluding diaryl/α,β-unsaturated/α-hetero) is 1. The highest BCUT2D eigenvalue weighted by atomic mass is 35.5. The van der Waals surface area contributed by atoms with Gasteiger partial charge in [-0.25, -0.2) is 0 Å². The minimum atomic E-state index is -0.777. The molecule has 0 spiro atoms. The molecule has 158 valence electrons. The number of hydrogen-bond donors (Lipinski definition) is 2. The molecule has 0 bridgehead atoms. The third-order valence-corrected chi connectivity index (χ3v) is 5.31. The molecular weight excluding hydrogens is 433 g/mol. The molecule has 3 rings (SSSR count). The lowest BCUT2D eigenvalue weighted by Gasteiger charge is -2.13. The highest BCUT2D eigenvalue weighted by molar-refractivity contribution is 6.42. The Morgan fingerprint density at radius 3 is 2.47 bits per heavy atom. The normalized spacial score (nSPS) is 13.2. The van der Waals surface area contributed by atoms with E-state index >= 15 is 0 Å². The first-order chi connectivity index (χ1) is 14.3. The molecule has 0 atom stereocenters.